The number of hydrogen-bond donors (Lipinski definition) is 1. The van der Waals surface area contributed by atoms with Gasteiger partial charge in [-0.25, -0.2) is 8.42 Å². The minimum Gasteiger partial charge on any atom is -0.482 e. The standard InChI is InChI=1S/C16H20BrN3O6S/c17-12-1-2-13-14(9-12)26-11-16(22)20(13)10-15(21)18-3-8-27(23,24)19-4-6-25-7-5-19/h1-2,9H,3-8,10-11H2,(H,18,21). The fourth-order valence-electron chi connectivity index (χ4n) is 2.82. The van der Waals surface area contributed by atoms with Gasteiger partial charge >= 0.3 is 0 Å². The molecule has 1 saturated heterocycles. The van der Waals surface area contributed by atoms with Crippen LogP contribution < -0.4 is 15.0 Å². The van der Waals surface area contributed by atoms with Gasteiger partial charge in [-0.3, -0.25) is 14.5 Å². The van der Waals surface area contributed by atoms with Gasteiger partial charge in [-0.05, 0) is 18.2 Å². The summed E-state index contributed by atoms with van der Waals surface area (Å²) < 4.78 is 37.2. The molecule has 2 heterocycles. The van der Waals surface area contributed by atoms with E-state index in [-0.39, 0.29) is 31.4 Å². The van der Waals surface area contributed by atoms with Crippen molar-refractivity contribution in [1.82, 2.24) is 9.62 Å². The van der Waals surface area contributed by atoms with E-state index in [4.69, 9.17) is 9.47 Å². The van der Waals surface area contributed by atoms with Crippen molar-refractivity contribution in [2.45, 2.75) is 0 Å². The maximum absolute atomic E-state index is 12.2. The Hall–Kier alpha value is -1.69. The molecular weight excluding hydrogens is 442 g/mol. The number of anilines is 1. The Morgan fingerprint density at radius 2 is 2.00 bits per heavy atom. The molecule has 1 fully saturated rings. The van der Waals surface area contributed by atoms with Gasteiger partial charge in [0.05, 0.1) is 24.7 Å². The lowest BCUT2D eigenvalue weighted by Gasteiger charge is -2.29. The summed E-state index contributed by atoms with van der Waals surface area (Å²) >= 11 is 3.33. The van der Waals surface area contributed by atoms with E-state index < -0.39 is 15.9 Å². The second kappa shape index (κ2) is 8.55. The molecule has 0 atom stereocenters. The molecule has 0 spiro atoms. The first-order chi connectivity index (χ1) is 12.9. The van der Waals surface area contributed by atoms with Crippen LogP contribution in [0.3, 0.4) is 0 Å². The molecule has 1 N–H and O–H groups in total. The van der Waals surface area contributed by atoms with E-state index in [0.29, 0.717) is 37.7 Å². The number of amides is 2. The van der Waals surface area contributed by atoms with Crippen LogP contribution >= 0.6 is 15.9 Å². The fraction of sp³-hybridized carbons (Fsp3) is 0.500. The maximum atomic E-state index is 12.2. The van der Waals surface area contributed by atoms with E-state index in [1.165, 1.54) is 9.21 Å². The molecule has 0 aliphatic carbocycles. The van der Waals surface area contributed by atoms with Crippen molar-refractivity contribution in [3.05, 3.63) is 22.7 Å². The van der Waals surface area contributed by atoms with Gasteiger partial charge in [0, 0.05) is 24.1 Å². The molecule has 3 rings (SSSR count). The number of halogens is 1. The lowest BCUT2D eigenvalue weighted by atomic mass is 10.2. The largest absolute Gasteiger partial charge is 0.482 e. The predicted octanol–water partition coefficient (Wildman–Crippen LogP) is -0.0473. The van der Waals surface area contributed by atoms with Crippen LogP contribution in [-0.2, 0) is 24.3 Å². The molecule has 2 aliphatic heterocycles. The summed E-state index contributed by atoms with van der Waals surface area (Å²) in [4.78, 5) is 25.7. The molecule has 11 heteroatoms. The van der Waals surface area contributed by atoms with Crippen molar-refractivity contribution in [3.63, 3.8) is 0 Å². The van der Waals surface area contributed by atoms with Crippen molar-refractivity contribution in [2.75, 3.05) is 56.7 Å². The van der Waals surface area contributed by atoms with Crippen LogP contribution in [-0.4, -0.2) is 76.3 Å². The van der Waals surface area contributed by atoms with E-state index in [2.05, 4.69) is 21.2 Å². The first kappa shape index (κ1) is 20.1. The van der Waals surface area contributed by atoms with Gasteiger partial charge in [-0.1, -0.05) is 15.9 Å². The lowest BCUT2D eigenvalue weighted by molar-refractivity contribution is -0.125. The van der Waals surface area contributed by atoms with Crippen molar-refractivity contribution < 1.29 is 27.5 Å². The van der Waals surface area contributed by atoms with E-state index in [1.54, 1.807) is 18.2 Å². The number of nitrogens with zero attached hydrogens (tertiary/aromatic N) is 2. The minimum absolute atomic E-state index is 0.0236. The Labute approximate surface area is 165 Å². The molecular formula is C16H20BrN3O6S. The molecule has 1 aromatic carbocycles. The van der Waals surface area contributed by atoms with E-state index >= 15 is 0 Å². The van der Waals surface area contributed by atoms with Crippen LogP contribution in [0.15, 0.2) is 22.7 Å². The topological polar surface area (TPSA) is 105 Å². The highest BCUT2D eigenvalue weighted by atomic mass is 79.9. The molecule has 27 heavy (non-hydrogen) atoms. The van der Waals surface area contributed by atoms with Crippen LogP contribution in [0, 0.1) is 0 Å². The molecule has 0 saturated carbocycles. The van der Waals surface area contributed by atoms with Crippen molar-refractivity contribution in [3.8, 4) is 5.75 Å². The van der Waals surface area contributed by atoms with Gasteiger partial charge < -0.3 is 14.8 Å². The zero-order valence-electron chi connectivity index (χ0n) is 14.5. The molecule has 9 nitrogen and oxygen atoms in total. The number of nitrogens with one attached hydrogen (secondary N) is 1. The molecule has 0 radical (unpaired) electrons. The molecule has 2 aliphatic rings. The zero-order chi connectivity index (χ0) is 19.4. The highest BCUT2D eigenvalue weighted by Crippen LogP contribution is 2.34. The number of hydrogen-bond acceptors (Lipinski definition) is 6. The Bertz CT molecular complexity index is 825. The lowest BCUT2D eigenvalue weighted by Crippen LogP contribution is -2.47. The van der Waals surface area contributed by atoms with Gasteiger partial charge in [0.15, 0.2) is 6.61 Å². The number of carbonyl (C=O) groups is 2. The van der Waals surface area contributed by atoms with E-state index in [9.17, 15) is 18.0 Å². The molecule has 0 bridgehead atoms. The third-order valence-corrected chi connectivity index (χ3v) is 6.58. The SMILES string of the molecule is O=C(CN1C(=O)COc2cc(Br)ccc21)NCCS(=O)(=O)N1CCOCC1. The monoisotopic (exact) mass is 461 g/mol. The Morgan fingerprint density at radius 3 is 2.74 bits per heavy atom. The highest BCUT2D eigenvalue weighted by molar-refractivity contribution is 9.10. The summed E-state index contributed by atoms with van der Waals surface area (Å²) in [6.07, 6.45) is 0. The van der Waals surface area contributed by atoms with Crippen molar-refractivity contribution >= 4 is 43.5 Å². The average molecular weight is 462 g/mol. The summed E-state index contributed by atoms with van der Waals surface area (Å²) in [5, 5.41) is 2.57. The molecule has 148 valence electrons. The summed E-state index contributed by atoms with van der Waals surface area (Å²) in [6.45, 7) is 1.02. The number of rotatable bonds is 6. The number of ether oxygens (including phenoxy) is 2. The first-order valence-electron chi connectivity index (χ1n) is 8.42. The molecule has 2 amide bonds. The number of sulfonamides is 1. The Kier molecular flexibility index (Phi) is 6.35. The summed E-state index contributed by atoms with van der Waals surface area (Å²) in [5.41, 5.74) is 0.505. The average Bonchev–Trinajstić information content (AvgIpc) is 2.64. The molecule has 0 unspecified atom stereocenters. The van der Waals surface area contributed by atoms with Crippen LogP contribution in [0.5, 0.6) is 5.75 Å². The van der Waals surface area contributed by atoms with Crippen LogP contribution in [0.2, 0.25) is 0 Å². The summed E-state index contributed by atoms with van der Waals surface area (Å²) in [7, 11) is -3.44. The minimum atomic E-state index is -3.44. The Morgan fingerprint density at radius 1 is 1.26 bits per heavy atom. The third-order valence-electron chi connectivity index (χ3n) is 4.21. The zero-order valence-corrected chi connectivity index (χ0v) is 16.9. The van der Waals surface area contributed by atoms with E-state index in [1.807, 2.05) is 0 Å². The van der Waals surface area contributed by atoms with Gasteiger partial charge in [0.2, 0.25) is 15.9 Å². The third kappa shape index (κ3) is 4.98. The quantitative estimate of drug-likeness (QED) is 0.636. The second-order valence-electron chi connectivity index (χ2n) is 6.06. The number of morpholine rings is 1. The molecule has 1 aromatic rings. The number of carbonyl (C=O) groups excluding carboxylic acids is 2. The number of benzene rings is 1. The van der Waals surface area contributed by atoms with Gasteiger partial charge in [-0.15, -0.1) is 0 Å². The Balaban J connectivity index is 1.54. The number of fused-ring (bicyclic) bond motifs is 1. The van der Waals surface area contributed by atoms with Gasteiger partial charge in [0.1, 0.15) is 12.3 Å². The van der Waals surface area contributed by atoms with Gasteiger partial charge in [0.25, 0.3) is 5.91 Å². The predicted molar refractivity (Wildman–Crippen MR) is 101 cm³/mol. The van der Waals surface area contributed by atoms with Crippen LogP contribution in [0.4, 0.5) is 5.69 Å². The second-order valence-corrected chi connectivity index (χ2v) is 9.06. The first-order valence-corrected chi connectivity index (χ1v) is 10.8. The summed E-state index contributed by atoms with van der Waals surface area (Å²) in [5.74, 6) is -0.455. The maximum Gasteiger partial charge on any atom is 0.265 e. The fourth-order valence-corrected chi connectivity index (χ4v) is 4.49. The van der Waals surface area contributed by atoms with E-state index in [0.717, 1.165) is 4.47 Å². The normalized spacial score (nSPS) is 18.0. The van der Waals surface area contributed by atoms with Crippen molar-refractivity contribution in [2.24, 2.45) is 0 Å². The van der Waals surface area contributed by atoms with Crippen LogP contribution in [0.25, 0.3) is 0 Å². The van der Waals surface area contributed by atoms with Crippen molar-refractivity contribution in [1.29, 1.82) is 0 Å². The van der Waals surface area contributed by atoms with Gasteiger partial charge in [-0.2, -0.15) is 4.31 Å². The smallest absolute Gasteiger partial charge is 0.265 e. The summed E-state index contributed by atoms with van der Waals surface area (Å²) in [6, 6.07) is 5.16. The van der Waals surface area contributed by atoms with Crippen LogP contribution in [0.1, 0.15) is 0 Å². The highest BCUT2D eigenvalue weighted by Gasteiger charge is 2.28. The molecule has 0 aromatic heterocycles.